The summed E-state index contributed by atoms with van der Waals surface area (Å²) >= 11 is 7.69. The Morgan fingerprint density at radius 3 is 2.59 bits per heavy atom. The summed E-state index contributed by atoms with van der Waals surface area (Å²) in [4.78, 5) is 13.8. The van der Waals surface area contributed by atoms with Crippen molar-refractivity contribution in [2.24, 2.45) is 5.41 Å². The molecule has 0 bridgehead atoms. The molecule has 7 heteroatoms. The summed E-state index contributed by atoms with van der Waals surface area (Å²) in [6, 6.07) is 20.6. The van der Waals surface area contributed by atoms with Crippen LogP contribution in [0.25, 0.3) is 0 Å². The van der Waals surface area contributed by atoms with Gasteiger partial charge in [-0.25, -0.2) is 0 Å². The Balaban J connectivity index is 1.56. The average Bonchev–Trinajstić information content (AvgIpc) is 2.82. The number of carbonyl (C=O) groups is 1. The Kier molecular flexibility index (Phi) is 7.31. The first-order valence-electron chi connectivity index (χ1n) is 11.1. The van der Waals surface area contributed by atoms with Crippen molar-refractivity contribution in [3.63, 3.8) is 0 Å². The molecule has 0 spiro atoms. The number of hydrogen-bond donors (Lipinski definition) is 3. The second kappa shape index (κ2) is 10.2. The zero-order valence-electron chi connectivity index (χ0n) is 19.4. The second-order valence-corrected chi connectivity index (χ2v) is 10.5. The highest BCUT2D eigenvalue weighted by Gasteiger charge is 2.33. The summed E-state index contributed by atoms with van der Waals surface area (Å²) in [5.74, 6) is 0.553. The van der Waals surface area contributed by atoms with E-state index in [2.05, 4.69) is 23.9 Å². The third-order valence-corrected chi connectivity index (χ3v) is 7.12. The zero-order chi connectivity index (χ0) is 24.3. The van der Waals surface area contributed by atoms with Gasteiger partial charge in [-0.15, -0.1) is 0 Å². The van der Waals surface area contributed by atoms with Crippen molar-refractivity contribution in [3.8, 4) is 5.75 Å². The van der Waals surface area contributed by atoms with Crippen molar-refractivity contribution >= 4 is 35.3 Å². The summed E-state index contributed by atoms with van der Waals surface area (Å²) < 4.78 is 9.07. The molecule has 0 radical (unpaired) electrons. The van der Waals surface area contributed by atoms with Crippen LogP contribution < -0.4 is 14.8 Å². The standard InChI is InChI=1S/C27H28ClN3O2S/c1-27(2)15-19-10-9-18(26(32)30-25(29)17-7-5-4-6-8-17)13-21(19)22(16-27)31-34-24-14-20(28)11-12-23(24)33-3/h4-14,22,31H,15-16H2,1-3H3,(H2,29,30,32). The summed E-state index contributed by atoms with van der Waals surface area (Å²) in [7, 11) is 1.64. The van der Waals surface area contributed by atoms with Gasteiger partial charge < -0.3 is 10.1 Å². The second-order valence-electron chi connectivity index (χ2n) is 9.22. The van der Waals surface area contributed by atoms with Crippen LogP contribution in [0.2, 0.25) is 5.02 Å². The van der Waals surface area contributed by atoms with E-state index in [0.29, 0.717) is 16.1 Å². The van der Waals surface area contributed by atoms with Crippen LogP contribution in [0.5, 0.6) is 5.75 Å². The molecule has 0 saturated carbocycles. The molecule has 0 aromatic heterocycles. The number of benzene rings is 3. The highest BCUT2D eigenvalue weighted by atomic mass is 35.5. The van der Waals surface area contributed by atoms with Gasteiger partial charge in [0.05, 0.1) is 12.0 Å². The van der Waals surface area contributed by atoms with Crippen LogP contribution in [0.15, 0.2) is 71.6 Å². The van der Waals surface area contributed by atoms with E-state index in [-0.39, 0.29) is 23.2 Å². The molecule has 0 saturated heterocycles. The molecule has 3 aromatic rings. The molecule has 0 aliphatic heterocycles. The normalized spacial score (nSPS) is 16.4. The Hall–Kier alpha value is -2.80. The van der Waals surface area contributed by atoms with Crippen molar-refractivity contribution in [2.75, 3.05) is 7.11 Å². The van der Waals surface area contributed by atoms with E-state index in [1.165, 1.54) is 17.5 Å². The maximum absolute atomic E-state index is 12.9. The maximum Gasteiger partial charge on any atom is 0.256 e. The topological polar surface area (TPSA) is 74.2 Å². The Morgan fingerprint density at radius 2 is 1.85 bits per heavy atom. The van der Waals surface area contributed by atoms with Crippen molar-refractivity contribution in [3.05, 3.63) is 94.0 Å². The minimum atomic E-state index is -0.288. The van der Waals surface area contributed by atoms with Crippen molar-refractivity contribution in [1.29, 1.82) is 5.41 Å². The quantitative estimate of drug-likeness (QED) is 0.210. The predicted molar refractivity (Wildman–Crippen MR) is 139 cm³/mol. The molecule has 176 valence electrons. The van der Waals surface area contributed by atoms with Gasteiger partial charge in [-0.3, -0.25) is 14.9 Å². The number of rotatable bonds is 6. The lowest BCUT2D eigenvalue weighted by molar-refractivity contribution is 0.0976. The van der Waals surface area contributed by atoms with Crippen molar-refractivity contribution < 1.29 is 9.53 Å². The van der Waals surface area contributed by atoms with Gasteiger partial charge in [-0.2, -0.15) is 0 Å². The largest absolute Gasteiger partial charge is 0.496 e. The van der Waals surface area contributed by atoms with E-state index in [1.54, 1.807) is 25.3 Å². The molecule has 1 aliphatic carbocycles. The van der Waals surface area contributed by atoms with Gasteiger partial charge in [0.25, 0.3) is 5.91 Å². The number of fused-ring (bicyclic) bond motifs is 1. The third kappa shape index (κ3) is 5.63. The van der Waals surface area contributed by atoms with Gasteiger partial charge in [-0.05, 0) is 71.7 Å². The van der Waals surface area contributed by atoms with Gasteiger partial charge in [0.15, 0.2) is 0 Å². The van der Waals surface area contributed by atoms with Gasteiger partial charge in [-0.1, -0.05) is 61.8 Å². The number of methoxy groups -OCH3 is 1. The SMILES string of the molecule is COc1ccc(Cl)cc1SNC1CC(C)(C)Cc2ccc(C(=O)NC(=N)c3ccccc3)cc21. The first-order valence-corrected chi connectivity index (χ1v) is 12.3. The van der Waals surface area contributed by atoms with Crippen LogP contribution in [0.1, 0.15) is 53.4 Å². The first kappa shape index (κ1) is 24.3. The predicted octanol–water partition coefficient (Wildman–Crippen LogP) is 6.41. The van der Waals surface area contributed by atoms with Crippen LogP contribution in [0.4, 0.5) is 0 Å². The molecular weight excluding hydrogens is 466 g/mol. The molecule has 3 aromatic carbocycles. The maximum atomic E-state index is 12.9. The van der Waals surface area contributed by atoms with Gasteiger partial charge in [0.2, 0.25) is 0 Å². The van der Waals surface area contributed by atoms with E-state index >= 15 is 0 Å². The number of nitrogens with one attached hydrogen (secondary N) is 3. The third-order valence-electron chi connectivity index (χ3n) is 5.95. The summed E-state index contributed by atoms with van der Waals surface area (Å²) in [5, 5.41) is 11.6. The number of amidine groups is 1. The number of halogens is 1. The molecule has 1 amide bonds. The lowest BCUT2D eigenvalue weighted by Gasteiger charge is -2.37. The zero-order valence-corrected chi connectivity index (χ0v) is 21.0. The van der Waals surface area contributed by atoms with Crippen molar-refractivity contribution in [2.45, 2.75) is 37.6 Å². The molecule has 34 heavy (non-hydrogen) atoms. The van der Waals surface area contributed by atoms with E-state index < -0.39 is 0 Å². The molecule has 0 fully saturated rings. The summed E-state index contributed by atoms with van der Waals surface area (Å²) in [6.45, 7) is 4.52. The van der Waals surface area contributed by atoms with Crippen LogP contribution in [-0.2, 0) is 6.42 Å². The monoisotopic (exact) mass is 493 g/mol. The molecule has 5 nitrogen and oxygen atoms in total. The lowest BCUT2D eigenvalue weighted by atomic mass is 9.72. The molecule has 0 heterocycles. The fraction of sp³-hybridized carbons (Fsp3) is 0.259. The van der Waals surface area contributed by atoms with E-state index in [9.17, 15) is 4.79 Å². The van der Waals surface area contributed by atoms with Crippen molar-refractivity contribution in [1.82, 2.24) is 10.0 Å². The summed E-state index contributed by atoms with van der Waals surface area (Å²) in [6.07, 6.45) is 1.86. The Morgan fingerprint density at radius 1 is 1.09 bits per heavy atom. The number of amides is 1. The van der Waals surface area contributed by atoms with Crippen LogP contribution in [0, 0.1) is 10.8 Å². The Bertz CT molecular complexity index is 1210. The van der Waals surface area contributed by atoms with Crippen LogP contribution >= 0.6 is 23.5 Å². The highest BCUT2D eigenvalue weighted by Crippen LogP contribution is 2.43. The van der Waals surface area contributed by atoms with Gasteiger partial charge >= 0.3 is 0 Å². The molecule has 1 aliphatic rings. The molecule has 1 unspecified atom stereocenters. The molecule has 4 rings (SSSR count). The minimum absolute atomic E-state index is 0.0359. The minimum Gasteiger partial charge on any atom is -0.496 e. The van der Waals surface area contributed by atoms with E-state index in [0.717, 1.165) is 29.1 Å². The van der Waals surface area contributed by atoms with Gasteiger partial charge in [0, 0.05) is 22.2 Å². The van der Waals surface area contributed by atoms with Crippen LogP contribution in [0.3, 0.4) is 0 Å². The average molecular weight is 494 g/mol. The Labute approximate surface area is 209 Å². The highest BCUT2D eigenvalue weighted by molar-refractivity contribution is 7.97. The fourth-order valence-corrected chi connectivity index (χ4v) is 5.46. The number of hydrogen-bond acceptors (Lipinski definition) is 5. The fourth-order valence-electron chi connectivity index (χ4n) is 4.30. The van der Waals surface area contributed by atoms with E-state index in [1.807, 2.05) is 48.5 Å². The smallest absolute Gasteiger partial charge is 0.256 e. The lowest BCUT2D eigenvalue weighted by Crippen LogP contribution is -2.33. The van der Waals surface area contributed by atoms with E-state index in [4.69, 9.17) is 21.7 Å². The molecule has 1 atom stereocenters. The summed E-state index contributed by atoms with van der Waals surface area (Å²) in [5.41, 5.74) is 3.65. The van der Waals surface area contributed by atoms with Crippen LogP contribution in [-0.4, -0.2) is 18.9 Å². The molecular formula is C27H28ClN3O2S. The molecule has 3 N–H and O–H groups in total. The number of carbonyl (C=O) groups excluding carboxylic acids is 1. The number of ether oxygens (including phenoxy) is 1. The first-order chi connectivity index (χ1) is 16.3. The van der Waals surface area contributed by atoms with Gasteiger partial charge in [0.1, 0.15) is 11.6 Å².